The molecule has 0 radical (unpaired) electrons. The van der Waals surface area contributed by atoms with E-state index in [1.807, 2.05) is 48.7 Å². The summed E-state index contributed by atoms with van der Waals surface area (Å²) in [4.78, 5) is 22.4. The first-order valence-corrected chi connectivity index (χ1v) is 11.0. The molecule has 33 heavy (non-hydrogen) atoms. The molecule has 0 aliphatic carbocycles. The quantitative estimate of drug-likeness (QED) is 0.405. The summed E-state index contributed by atoms with van der Waals surface area (Å²) in [5, 5.41) is 4.64. The molecule has 0 atom stereocenters. The fourth-order valence-electron chi connectivity index (χ4n) is 4.35. The minimum Gasteiger partial charge on any atom is -0.317 e. The predicted octanol–water partition coefficient (Wildman–Crippen LogP) is 4.78. The lowest BCUT2D eigenvalue weighted by atomic mass is 9.89. The van der Waals surface area contributed by atoms with Gasteiger partial charge >= 0.3 is 0 Å². The van der Waals surface area contributed by atoms with E-state index in [1.54, 1.807) is 12.1 Å². The lowest BCUT2D eigenvalue weighted by Gasteiger charge is -2.23. The van der Waals surface area contributed by atoms with Crippen molar-refractivity contribution in [3.05, 3.63) is 95.8 Å². The van der Waals surface area contributed by atoms with Gasteiger partial charge in [-0.2, -0.15) is 0 Å². The van der Waals surface area contributed by atoms with E-state index in [2.05, 4.69) is 38.7 Å². The third-order valence-corrected chi connectivity index (χ3v) is 6.05. The van der Waals surface area contributed by atoms with Crippen molar-refractivity contribution < 1.29 is 9.63 Å². The number of nitrogens with one attached hydrogen (secondary N) is 2. The summed E-state index contributed by atoms with van der Waals surface area (Å²) in [5.74, 6) is 0.302. The van der Waals surface area contributed by atoms with E-state index in [0.29, 0.717) is 18.1 Å². The number of hydrogen-bond donors (Lipinski definition) is 2. The van der Waals surface area contributed by atoms with E-state index in [1.165, 1.54) is 10.9 Å². The standard InChI is InChI=1S/C26H26N4O2.ClH/c31-26(29-32-18-19-4-2-1-3-5-19)21-6-8-22(9-7-21)30-17-13-24-23(12-16-28-25(24)30)20-10-14-27-15-11-20;/h1-9,12-13,16-17,20,27H,10-11,14-15,18H2,(H,29,31);1H. The molecule has 4 aromatic rings. The van der Waals surface area contributed by atoms with E-state index in [4.69, 9.17) is 4.84 Å². The van der Waals surface area contributed by atoms with Crippen molar-refractivity contribution in [1.82, 2.24) is 20.3 Å². The average molecular weight is 463 g/mol. The molecule has 0 unspecified atom stereocenters. The number of fused-ring (bicyclic) bond motifs is 1. The molecule has 2 aromatic heterocycles. The third-order valence-electron chi connectivity index (χ3n) is 6.05. The van der Waals surface area contributed by atoms with E-state index in [-0.39, 0.29) is 18.3 Å². The molecule has 0 spiro atoms. The van der Waals surface area contributed by atoms with Gasteiger partial charge in [0.25, 0.3) is 5.91 Å². The number of halogens is 1. The lowest BCUT2D eigenvalue weighted by molar-refractivity contribution is 0.0233. The van der Waals surface area contributed by atoms with Crippen molar-refractivity contribution in [3.63, 3.8) is 0 Å². The number of pyridine rings is 1. The highest BCUT2D eigenvalue weighted by Crippen LogP contribution is 2.32. The van der Waals surface area contributed by atoms with Crippen LogP contribution < -0.4 is 10.8 Å². The zero-order valence-corrected chi connectivity index (χ0v) is 19.1. The van der Waals surface area contributed by atoms with Crippen LogP contribution in [0, 0.1) is 0 Å². The number of nitrogens with zero attached hydrogens (tertiary/aromatic N) is 2. The SMILES string of the molecule is Cl.O=C(NOCc1ccccc1)c1ccc(-n2ccc3c(C4CCNCC4)ccnc32)cc1. The number of hydrogen-bond acceptors (Lipinski definition) is 4. The number of carbonyl (C=O) groups is 1. The number of rotatable bonds is 6. The number of carbonyl (C=O) groups excluding carboxylic acids is 1. The highest BCUT2D eigenvalue weighted by molar-refractivity contribution is 5.93. The summed E-state index contributed by atoms with van der Waals surface area (Å²) < 4.78 is 2.08. The molecular weight excluding hydrogens is 436 g/mol. The summed E-state index contributed by atoms with van der Waals surface area (Å²) >= 11 is 0. The van der Waals surface area contributed by atoms with Crippen LogP contribution in [-0.2, 0) is 11.4 Å². The van der Waals surface area contributed by atoms with Gasteiger partial charge in [0.1, 0.15) is 5.65 Å². The van der Waals surface area contributed by atoms with Crippen molar-refractivity contribution in [2.24, 2.45) is 0 Å². The molecular formula is C26H27ClN4O2. The molecule has 1 aliphatic heterocycles. The van der Waals surface area contributed by atoms with Crippen LogP contribution in [0.5, 0.6) is 0 Å². The molecule has 2 N–H and O–H groups in total. The van der Waals surface area contributed by atoms with Crippen molar-refractivity contribution in [3.8, 4) is 5.69 Å². The Balaban J connectivity index is 0.00000259. The Labute approximate surface area is 199 Å². The molecule has 1 amide bonds. The van der Waals surface area contributed by atoms with Crippen LogP contribution in [-0.4, -0.2) is 28.5 Å². The topological polar surface area (TPSA) is 68.2 Å². The van der Waals surface area contributed by atoms with Crippen LogP contribution in [0.15, 0.2) is 79.1 Å². The number of hydroxylamine groups is 1. The average Bonchev–Trinajstić information content (AvgIpc) is 3.30. The Morgan fingerprint density at radius 2 is 1.79 bits per heavy atom. The van der Waals surface area contributed by atoms with Crippen LogP contribution >= 0.6 is 12.4 Å². The summed E-state index contributed by atoms with van der Waals surface area (Å²) in [7, 11) is 0. The predicted molar refractivity (Wildman–Crippen MR) is 132 cm³/mol. The normalized spacial score (nSPS) is 14.1. The Morgan fingerprint density at radius 1 is 1.03 bits per heavy atom. The van der Waals surface area contributed by atoms with Gasteiger partial charge < -0.3 is 9.88 Å². The largest absolute Gasteiger partial charge is 0.317 e. The van der Waals surface area contributed by atoms with Crippen molar-refractivity contribution in [2.45, 2.75) is 25.4 Å². The molecule has 1 saturated heterocycles. The first kappa shape index (κ1) is 23.0. The summed E-state index contributed by atoms with van der Waals surface area (Å²) in [6.07, 6.45) is 6.27. The second-order valence-corrected chi connectivity index (χ2v) is 8.10. The zero-order valence-electron chi connectivity index (χ0n) is 18.2. The van der Waals surface area contributed by atoms with Crippen LogP contribution in [0.1, 0.15) is 40.2 Å². The number of aromatic nitrogens is 2. The van der Waals surface area contributed by atoms with Gasteiger partial charge in [0.05, 0.1) is 6.61 Å². The molecule has 1 aliphatic rings. The maximum atomic E-state index is 12.4. The molecule has 6 nitrogen and oxygen atoms in total. The molecule has 3 heterocycles. The summed E-state index contributed by atoms with van der Waals surface area (Å²) in [6, 6.07) is 21.5. The Bertz CT molecular complexity index is 1200. The van der Waals surface area contributed by atoms with Crippen LogP contribution in [0.25, 0.3) is 16.7 Å². The van der Waals surface area contributed by atoms with Gasteiger partial charge in [0, 0.05) is 29.0 Å². The van der Waals surface area contributed by atoms with Crippen molar-refractivity contribution >= 4 is 29.3 Å². The van der Waals surface area contributed by atoms with Gasteiger partial charge in [-0.3, -0.25) is 9.63 Å². The Hall–Kier alpha value is -3.19. The molecule has 7 heteroatoms. The van der Waals surface area contributed by atoms with Crippen molar-refractivity contribution in [1.29, 1.82) is 0 Å². The molecule has 0 bridgehead atoms. The first-order valence-electron chi connectivity index (χ1n) is 11.0. The zero-order chi connectivity index (χ0) is 21.8. The fraction of sp³-hybridized carbons (Fsp3) is 0.231. The third kappa shape index (κ3) is 5.09. The Kier molecular flexibility index (Phi) is 7.40. The molecule has 5 rings (SSSR count). The highest BCUT2D eigenvalue weighted by atomic mass is 35.5. The summed E-state index contributed by atoms with van der Waals surface area (Å²) in [6.45, 7) is 2.45. The van der Waals surface area contributed by atoms with E-state index in [9.17, 15) is 4.79 Å². The number of piperidine rings is 1. The van der Waals surface area contributed by atoms with Gasteiger partial charge in [0.2, 0.25) is 0 Å². The minimum absolute atomic E-state index is 0. The minimum atomic E-state index is -0.267. The smallest absolute Gasteiger partial charge is 0.274 e. The summed E-state index contributed by atoms with van der Waals surface area (Å²) in [5.41, 5.74) is 7.35. The van der Waals surface area contributed by atoms with Gasteiger partial charge in [-0.1, -0.05) is 30.3 Å². The highest BCUT2D eigenvalue weighted by Gasteiger charge is 2.19. The monoisotopic (exact) mass is 462 g/mol. The van der Waals surface area contributed by atoms with Crippen LogP contribution in [0.2, 0.25) is 0 Å². The van der Waals surface area contributed by atoms with E-state index in [0.717, 1.165) is 42.8 Å². The molecule has 1 fully saturated rings. The molecule has 2 aromatic carbocycles. The van der Waals surface area contributed by atoms with Crippen molar-refractivity contribution in [2.75, 3.05) is 13.1 Å². The Morgan fingerprint density at radius 3 is 2.55 bits per heavy atom. The lowest BCUT2D eigenvalue weighted by Crippen LogP contribution is -2.26. The van der Waals surface area contributed by atoms with Gasteiger partial charge in [-0.05, 0) is 79.4 Å². The van der Waals surface area contributed by atoms with Crippen LogP contribution in [0.4, 0.5) is 0 Å². The number of benzene rings is 2. The maximum Gasteiger partial charge on any atom is 0.274 e. The van der Waals surface area contributed by atoms with E-state index < -0.39 is 0 Å². The van der Waals surface area contributed by atoms with Gasteiger partial charge in [0.15, 0.2) is 0 Å². The molecule has 170 valence electrons. The number of amides is 1. The fourth-order valence-corrected chi connectivity index (χ4v) is 4.35. The second-order valence-electron chi connectivity index (χ2n) is 8.10. The first-order chi connectivity index (χ1) is 15.8. The molecule has 0 saturated carbocycles. The van der Waals surface area contributed by atoms with Crippen LogP contribution in [0.3, 0.4) is 0 Å². The van der Waals surface area contributed by atoms with Gasteiger partial charge in [-0.15, -0.1) is 12.4 Å². The van der Waals surface area contributed by atoms with Gasteiger partial charge in [-0.25, -0.2) is 10.5 Å². The van der Waals surface area contributed by atoms with E-state index >= 15 is 0 Å². The second kappa shape index (κ2) is 10.6. The maximum absolute atomic E-state index is 12.4.